The number of furan rings is 1. The maximum Gasteiger partial charge on any atom is 0.134 e. The molecule has 66 valence electrons. The van der Waals surface area contributed by atoms with Crippen LogP contribution in [0.25, 0.3) is 11.0 Å². The molecule has 0 aliphatic heterocycles. The van der Waals surface area contributed by atoms with Crippen molar-refractivity contribution >= 4 is 16.7 Å². The van der Waals surface area contributed by atoms with E-state index in [9.17, 15) is 0 Å². The second-order valence-corrected chi connectivity index (χ2v) is 3.72. The Morgan fingerprint density at radius 2 is 2.15 bits per heavy atom. The highest BCUT2D eigenvalue weighted by molar-refractivity contribution is 5.84. The van der Waals surface area contributed by atoms with Crippen molar-refractivity contribution in [2.75, 3.05) is 5.73 Å². The fourth-order valence-electron chi connectivity index (χ4n) is 1.78. The summed E-state index contributed by atoms with van der Waals surface area (Å²) in [6, 6.07) is 5.82. The quantitative estimate of drug-likeness (QED) is 0.673. The Hall–Kier alpha value is -1.44. The smallest absolute Gasteiger partial charge is 0.134 e. The second-order valence-electron chi connectivity index (χ2n) is 3.72. The van der Waals surface area contributed by atoms with E-state index in [1.807, 2.05) is 24.5 Å². The zero-order valence-electron chi connectivity index (χ0n) is 7.29. The van der Waals surface area contributed by atoms with Gasteiger partial charge in [-0.2, -0.15) is 0 Å². The minimum Gasteiger partial charge on any atom is -0.464 e. The van der Waals surface area contributed by atoms with Crippen LogP contribution in [0.1, 0.15) is 24.3 Å². The van der Waals surface area contributed by atoms with E-state index in [0.717, 1.165) is 17.2 Å². The summed E-state index contributed by atoms with van der Waals surface area (Å²) in [4.78, 5) is 0. The molecule has 0 saturated heterocycles. The molecular weight excluding hydrogens is 162 g/mol. The number of nitrogens with two attached hydrogens (primary N) is 1. The molecule has 13 heavy (non-hydrogen) atoms. The van der Waals surface area contributed by atoms with E-state index < -0.39 is 0 Å². The normalized spacial score (nSPS) is 16.6. The van der Waals surface area contributed by atoms with Gasteiger partial charge in [-0.05, 0) is 37.0 Å². The Morgan fingerprint density at radius 3 is 2.92 bits per heavy atom. The van der Waals surface area contributed by atoms with E-state index in [1.165, 1.54) is 23.8 Å². The first-order valence-corrected chi connectivity index (χ1v) is 4.61. The Kier molecular flexibility index (Phi) is 1.23. The predicted octanol–water partition coefficient (Wildman–Crippen LogP) is 2.89. The average Bonchev–Trinajstić information content (AvgIpc) is 2.87. The first-order chi connectivity index (χ1) is 6.34. The molecule has 1 aliphatic rings. The van der Waals surface area contributed by atoms with Gasteiger partial charge in [0.25, 0.3) is 0 Å². The van der Waals surface area contributed by atoms with E-state index in [-0.39, 0.29) is 0 Å². The predicted molar refractivity (Wildman–Crippen MR) is 52.6 cm³/mol. The fraction of sp³-hybridized carbons (Fsp3) is 0.273. The lowest BCUT2D eigenvalue weighted by atomic mass is 10.1. The van der Waals surface area contributed by atoms with Gasteiger partial charge in [0.05, 0.1) is 6.26 Å². The molecule has 1 aliphatic carbocycles. The lowest BCUT2D eigenvalue weighted by molar-refractivity contribution is 0.610. The molecule has 1 fully saturated rings. The van der Waals surface area contributed by atoms with E-state index in [0.29, 0.717) is 0 Å². The van der Waals surface area contributed by atoms with Crippen molar-refractivity contribution in [1.82, 2.24) is 0 Å². The second kappa shape index (κ2) is 2.28. The molecule has 0 bridgehead atoms. The van der Waals surface area contributed by atoms with Crippen molar-refractivity contribution < 1.29 is 4.42 Å². The summed E-state index contributed by atoms with van der Waals surface area (Å²) in [5, 5.41) is 1.20. The third-order valence-electron chi connectivity index (χ3n) is 2.64. The zero-order chi connectivity index (χ0) is 8.84. The molecule has 0 unspecified atom stereocenters. The van der Waals surface area contributed by atoms with Gasteiger partial charge in [0.2, 0.25) is 0 Å². The SMILES string of the molecule is Nc1ccc2occ(C3CC3)c2c1. The third kappa shape index (κ3) is 1.02. The van der Waals surface area contributed by atoms with Crippen LogP contribution in [0.2, 0.25) is 0 Å². The maximum atomic E-state index is 5.73. The van der Waals surface area contributed by atoms with Gasteiger partial charge in [0.1, 0.15) is 5.58 Å². The van der Waals surface area contributed by atoms with Crippen molar-refractivity contribution in [3.63, 3.8) is 0 Å². The maximum absolute atomic E-state index is 5.73. The summed E-state index contributed by atoms with van der Waals surface area (Å²) >= 11 is 0. The molecule has 2 aromatic rings. The Bertz CT molecular complexity index is 454. The summed E-state index contributed by atoms with van der Waals surface area (Å²) in [6.07, 6.45) is 4.47. The lowest BCUT2D eigenvalue weighted by Crippen LogP contribution is -1.83. The molecule has 2 nitrogen and oxygen atoms in total. The van der Waals surface area contributed by atoms with Gasteiger partial charge in [0.15, 0.2) is 0 Å². The van der Waals surface area contributed by atoms with Crippen molar-refractivity contribution in [1.29, 1.82) is 0 Å². The van der Waals surface area contributed by atoms with Gasteiger partial charge in [0, 0.05) is 16.6 Å². The van der Waals surface area contributed by atoms with Gasteiger partial charge in [-0.15, -0.1) is 0 Å². The fourth-order valence-corrected chi connectivity index (χ4v) is 1.78. The molecule has 1 aromatic heterocycles. The van der Waals surface area contributed by atoms with Crippen LogP contribution in [0.3, 0.4) is 0 Å². The molecule has 2 N–H and O–H groups in total. The molecule has 1 heterocycles. The summed E-state index contributed by atoms with van der Waals surface area (Å²) < 4.78 is 5.45. The third-order valence-corrected chi connectivity index (χ3v) is 2.64. The zero-order valence-corrected chi connectivity index (χ0v) is 7.29. The summed E-state index contributed by atoms with van der Waals surface area (Å²) in [5.74, 6) is 0.725. The van der Waals surface area contributed by atoms with Gasteiger partial charge in [-0.25, -0.2) is 0 Å². The highest BCUT2D eigenvalue weighted by Crippen LogP contribution is 2.44. The van der Waals surface area contributed by atoms with Gasteiger partial charge in [-0.3, -0.25) is 0 Å². The molecule has 1 saturated carbocycles. The van der Waals surface area contributed by atoms with Crippen LogP contribution in [-0.2, 0) is 0 Å². The van der Waals surface area contributed by atoms with E-state index in [4.69, 9.17) is 10.2 Å². The highest BCUT2D eigenvalue weighted by Gasteiger charge is 2.26. The monoisotopic (exact) mass is 173 g/mol. The largest absolute Gasteiger partial charge is 0.464 e. The van der Waals surface area contributed by atoms with Crippen LogP contribution in [0.4, 0.5) is 5.69 Å². The number of fused-ring (bicyclic) bond motifs is 1. The number of rotatable bonds is 1. The lowest BCUT2D eigenvalue weighted by Gasteiger charge is -1.94. The molecule has 3 rings (SSSR count). The number of benzene rings is 1. The molecular formula is C11H11NO. The Morgan fingerprint density at radius 1 is 1.31 bits per heavy atom. The Labute approximate surface area is 76.3 Å². The number of nitrogen functional groups attached to an aromatic ring is 1. The minimum absolute atomic E-state index is 0.725. The topological polar surface area (TPSA) is 39.2 Å². The molecule has 0 amide bonds. The van der Waals surface area contributed by atoms with Crippen LogP contribution in [0.5, 0.6) is 0 Å². The number of anilines is 1. The van der Waals surface area contributed by atoms with Crippen molar-refractivity contribution in [2.45, 2.75) is 18.8 Å². The Balaban J connectivity index is 2.29. The first-order valence-electron chi connectivity index (χ1n) is 4.61. The van der Waals surface area contributed by atoms with Crippen LogP contribution in [0, 0.1) is 0 Å². The molecule has 0 radical (unpaired) electrons. The van der Waals surface area contributed by atoms with Crippen molar-refractivity contribution in [3.05, 3.63) is 30.0 Å². The number of hydrogen-bond donors (Lipinski definition) is 1. The number of hydrogen-bond acceptors (Lipinski definition) is 2. The molecule has 0 spiro atoms. The van der Waals surface area contributed by atoms with Crippen molar-refractivity contribution in [2.24, 2.45) is 0 Å². The van der Waals surface area contributed by atoms with E-state index in [1.54, 1.807) is 0 Å². The van der Waals surface area contributed by atoms with Gasteiger partial charge < -0.3 is 10.2 Å². The molecule has 2 heteroatoms. The summed E-state index contributed by atoms with van der Waals surface area (Å²) in [7, 11) is 0. The van der Waals surface area contributed by atoms with Crippen LogP contribution >= 0.6 is 0 Å². The van der Waals surface area contributed by atoms with Gasteiger partial charge in [-0.1, -0.05) is 0 Å². The molecule has 1 aromatic carbocycles. The van der Waals surface area contributed by atoms with Crippen LogP contribution in [0.15, 0.2) is 28.9 Å². The minimum atomic E-state index is 0.725. The standard InChI is InChI=1S/C11H11NO/c12-8-3-4-11-9(5-8)10(6-13-11)7-1-2-7/h3-7H,1-2,12H2. The first kappa shape index (κ1) is 7.01. The summed E-state index contributed by atoms with van der Waals surface area (Å²) in [5.41, 5.74) is 8.84. The van der Waals surface area contributed by atoms with Crippen LogP contribution < -0.4 is 5.73 Å². The summed E-state index contributed by atoms with van der Waals surface area (Å²) in [6.45, 7) is 0. The van der Waals surface area contributed by atoms with E-state index in [2.05, 4.69) is 0 Å². The van der Waals surface area contributed by atoms with Crippen LogP contribution in [-0.4, -0.2) is 0 Å². The molecule has 0 atom stereocenters. The average molecular weight is 173 g/mol. The highest BCUT2D eigenvalue weighted by atomic mass is 16.3. The van der Waals surface area contributed by atoms with Crippen molar-refractivity contribution in [3.8, 4) is 0 Å². The van der Waals surface area contributed by atoms with E-state index >= 15 is 0 Å². The van der Waals surface area contributed by atoms with Gasteiger partial charge >= 0.3 is 0 Å².